The van der Waals surface area contributed by atoms with Gasteiger partial charge in [0.2, 0.25) is 0 Å². The lowest BCUT2D eigenvalue weighted by molar-refractivity contribution is -0.137. The number of alkyl halides is 3. The number of ketones is 2. The molecule has 0 aliphatic rings. The summed E-state index contributed by atoms with van der Waals surface area (Å²) in [5.74, 6) is -1.14. The monoisotopic (exact) mass is 264 g/mol. The minimum atomic E-state index is -4.55. The van der Waals surface area contributed by atoms with Crippen molar-refractivity contribution < 1.29 is 22.8 Å². The first-order valence-corrected chi connectivity index (χ1v) is 4.99. The van der Waals surface area contributed by atoms with Crippen LogP contribution in [0.1, 0.15) is 29.3 Å². The Morgan fingerprint density at radius 1 is 1.29 bits per heavy atom. The lowest BCUT2D eigenvalue weighted by Crippen LogP contribution is -2.10. The van der Waals surface area contributed by atoms with Gasteiger partial charge in [0, 0.05) is 5.56 Å². The van der Waals surface area contributed by atoms with Crippen molar-refractivity contribution in [3.8, 4) is 0 Å². The SMILES string of the molecule is CC(=O)CC(=O)c1cc(C(F)(F)F)ccc1Cl. The molecule has 92 valence electrons. The van der Waals surface area contributed by atoms with Crippen molar-refractivity contribution in [2.45, 2.75) is 19.5 Å². The molecule has 0 N–H and O–H groups in total. The van der Waals surface area contributed by atoms with E-state index in [2.05, 4.69) is 0 Å². The van der Waals surface area contributed by atoms with Gasteiger partial charge in [0.25, 0.3) is 0 Å². The number of benzene rings is 1. The van der Waals surface area contributed by atoms with E-state index in [1.165, 1.54) is 6.92 Å². The average molecular weight is 265 g/mol. The van der Waals surface area contributed by atoms with Crippen molar-refractivity contribution in [2.75, 3.05) is 0 Å². The minimum absolute atomic E-state index is 0.0933. The molecule has 0 spiro atoms. The van der Waals surface area contributed by atoms with Crippen molar-refractivity contribution >= 4 is 23.2 Å². The summed E-state index contributed by atoms with van der Waals surface area (Å²) in [6.07, 6.45) is -5.00. The van der Waals surface area contributed by atoms with Crippen LogP contribution >= 0.6 is 11.6 Å². The van der Waals surface area contributed by atoms with Crippen LogP contribution in [0.5, 0.6) is 0 Å². The first kappa shape index (κ1) is 13.7. The van der Waals surface area contributed by atoms with Gasteiger partial charge in [0.05, 0.1) is 17.0 Å². The zero-order valence-corrected chi connectivity index (χ0v) is 9.52. The highest BCUT2D eigenvalue weighted by atomic mass is 35.5. The third-order valence-corrected chi connectivity index (χ3v) is 2.33. The van der Waals surface area contributed by atoms with Crippen LogP contribution < -0.4 is 0 Å². The molecule has 0 saturated carbocycles. The molecule has 1 aromatic carbocycles. The second-order valence-corrected chi connectivity index (χ2v) is 3.90. The van der Waals surface area contributed by atoms with Gasteiger partial charge in [0.15, 0.2) is 5.78 Å². The van der Waals surface area contributed by atoms with Gasteiger partial charge in [-0.25, -0.2) is 0 Å². The number of rotatable bonds is 3. The summed E-state index contributed by atoms with van der Waals surface area (Å²) >= 11 is 5.63. The summed E-state index contributed by atoms with van der Waals surface area (Å²) < 4.78 is 37.2. The van der Waals surface area contributed by atoms with Crippen molar-refractivity contribution in [1.29, 1.82) is 0 Å². The zero-order valence-electron chi connectivity index (χ0n) is 8.77. The van der Waals surface area contributed by atoms with Gasteiger partial charge in [-0.3, -0.25) is 9.59 Å². The van der Waals surface area contributed by atoms with Crippen LogP contribution in [-0.4, -0.2) is 11.6 Å². The fourth-order valence-corrected chi connectivity index (χ4v) is 1.46. The smallest absolute Gasteiger partial charge is 0.300 e. The molecular weight excluding hydrogens is 257 g/mol. The van der Waals surface area contributed by atoms with E-state index in [0.717, 1.165) is 12.1 Å². The Balaban J connectivity index is 3.15. The molecule has 2 nitrogen and oxygen atoms in total. The summed E-state index contributed by atoms with van der Waals surface area (Å²) in [5, 5.41) is -0.0933. The third-order valence-electron chi connectivity index (χ3n) is 2.00. The standard InChI is InChI=1S/C11H8ClF3O2/c1-6(16)4-10(17)8-5-7(11(13,14)15)2-3-9(8)12/h2-3,5H,4H2,1H3. The van der Waals surface area contributed by atoms with Gasteiger partial charge in [-0.15, -0.1) is 0 Å². The topological polar surface area (TPSA) is 34.1 Å². The average Bonchev–Trinajstić information content (AvgIpc) is 2.15. The lowest BCUT2D eigenvalue weighted by atomic mass is 10.0. The van der Waals surface area contributed by atoms with Crippen molar-refractivity contribution in [3.63, 3.8) is 0 Å². The van der Waals surface area contributed by atoms with Crippen molar-refractivity contribution in [1.82, 2.24) is 0 Å². The highest BCUT2D eigenvalue weighted by Gasteiger charge is 2.31. The van der Waals surface area contributed by atoms with Crippen LogP contribution in [0.3, 0.4) is 0 Å². The highest BCUT2D eigenvalue weighted by Crippen LogP contribution is 2.32. The van der Waals surface area contributed by atoms with Crippen LogP contribution in [0.15, 0.2) is 18.2 Å². The molecule has 0 aromatic heterocycles. The molecule has 0 aliphatic carbocycles. The fraction of sp³-hybridized carbons (Fsp3) is 0.273. The summed E-state index contributed by atoms with van der Waals surface area (Å²) in [6, 6.07) is 2.44. The fourth-order valence-electron chi connectivity index (χ4n) is 1.24. The summed E-state index contributed by atoms with van der Waals surface area (Å²) in [6.45, 7) is 1.18. The van der Waals surface area contributed by atoms with Crippen molar-refractivity contribution in [2.24, 2.45) is 0 Å². The molecule has 0 heterocycles. The Morgan fingerprint density at radius 2 is 1.88 bits per heavy atom. The molecule has 6 heteroatoms. The molecule has 1 aromatic rings. The van der Waals surface area contributed by atoms with E-state index in [1.54, 1.807) is 0 Å². The zero-order chi connectivity index (χ0) is 13.2. The van der Waals surface area contributed by atoms with E-state index in [-0.39, 0.29) is 10.6 Å². The second-order valence-electron chi connectivity index (χ2n) is 3.49. The third kappa shape index (κ3) is 3.56. The quantitative estimate of drug-likeness (QED) is 0.618. The second kappa shape index (κ2) is 4.87. The van der Waals surface area contributed by atoms with E-state index in [0.29, 0.717) is 6.07 Å². The van der Waals surface area contributed by atoms with Gasteiger partial charge in [-0.1, -0.05) is 11.6 Å². The predicted octanol–water partition coefficient (Wildman–Crippen LogP) is 3.52. The van der Waals surface area contributed by atoms with Gasteiger partial charge in [-0.05, 0) is 25.1 Å². The first-order valence-electron chi connectivity index (χ1n) is 4.61. The van der Waals surface area contributed by atoms with Gasteiger partial charge in [0.1, 0.15) is 5.78 Å². The molecular formula is C11H8ClF3O2. The number of hydrogen-bond donors (Lipinski definition) is 0. The molecule has 0 radical (unpaired) electrons. The summed E-state index contributed by atoms with van der Waals surface area (Å²) in [5.41, 5.74) is -1.24. The molecule has 0 aliphatic heterocycles. The maximum atomic E-state index is 12.4. The van der Waals surface area contributed by atoms with Crippen LogP contribution in [0.4, 0.5) is 13.2 Å². The Labute approximate surface area is 100 Å². The summed E-state index contributed by atoms with van der Waals surface area (Å²) in [4.78, 5) is 22.2. The van der Waals surface area contributed by atoms with Crippen molar-refractivity contribution in [3.05, 3.63) is 34.3 Å². The Morgan fingerprint density at radius 3 is 2.35 bits per heavy atom. The Kier molecular flexibility index (Phi) is 3.93. The Hall–Kier alpha value is -1.36. The van der Waals surface area contributed by atoms with E-state index in [4.69, 9.17) is 11.6 Å². The number of carbonyl (C=O) groups is 2. The van der Waals surface area contributed by atoms with Crippen LogP contribution in [0.25, 0.3) is 0 Å². The van der Waals surface area contributed by atoms with Gasteiger partial charge < -0.3 is 0 Å². The van der Waals surface area contributed by atoms with E-state index >= 15 is 0 Å². The molecule has 0 saturated heterocycles. The van der Waals surface area contributed by atoms with E-state index < -0.39 is 29.7 Å². The molecule has 0 atom stereocenters. The van der Waals surface area contributed by atoms with Crippen LogP contribution in [0, 0.1) is 0 Å². The van der Waals surface area contributed by atoms with E-state index in [1.807, 2.05) is 0 Å². The maximum Gasteiger partial charge on any atom is 0.416 e. The first-order chi connectivity index (χ1) is 7.71. The van der Waals surface area contributed by atoms with Gasteiger partial charge in [-0.2, -0.15) is 13.2 Å². The number of hydrogen-bond acceptors (Lipinski definition) is 2. The van der Waals surface area contributed by atoms with E-state index in [9.17, 15) is 22.8 Å². The largest absolute Gasteiger partial charge is 0.416 e. The molecule has 0 fully saturated rings. The predicted molar refractivity (Wildman–Crippen MR) is 56.1 cm³/mol. The highest BCUT2D eigenvalue weighted by molar-refractivity contribution is 6.34. The number of halogens is 4. The molecule has 0 amide bonds. The lowest BCUT2D eigenvalue weighted by Gasteiger charge is -2.09. The number of carbonyl (C=O) groups excluding carboxylic acids is 2. The minimum Gasteiger partial charge on any atom is -0.300 e. The summed E-state index contributed by atoms with van der Waals surface area (Å²) in [7, 11) is 0. The molecule has 0 unspecified atom stereocenters. The van der Waals surface area contributed by atoms with Crippen LogP contribution in [-0.2, 0) is 11.0 Å². The van der Waals surface area contributed by atoms with Gasteiger partial charge >= 0.3 is 6.18 Å². The molecule has 17 heavy (non-hydrogen) atoms. The Bertz CT molecular complexity index is 466. The number of Topliss-reactive ketones (excluding diaryl/α,β-unsaturated/α-hetero) is 2. The maximum absolute atomic E-state index is 12.4. The van der Waals surface area contributed by atoms with Crippen LogP contribution in [0.2, 0.25) is 5.02 Å². The normalized spacial score (nSPS) is 11.4. The molecule has 1 rings (SSSR count). The molecule has 0 bridgehead atoms.